The number of amides is 1. The average Bonchev–Trinajstić information content (AvgIpc) is 3.23. The second-order valence-electron chi connectivity index (χ2n) is 6.58. The number of carbonyl (C=O) groups excluding carboxylic acids is 1. The summed E-state index contributed by atoms with van der Waals surface area (Å²) in [5, 5.41) is 0. The van der Waals surface area contributed by atoms with Gasteiger partial charge in [0.05, 0.1) is 11.4 Å². The summed E-state index contributed by atoms with van der Waals surface area (Å²) in [4.78, 5) is 16.0. The molecule has 1 aliphatic carbocycles. The first-order valence-corrected chi connectivity index (χ1v) is 7.78. The van der Waals surface area contributed by atoms with Crippen LogP contribution in [-0.4, -0.2) is 37.5 Å². The molecule has 1 aliphatic rings. The minimum atomic E-state index is -0.00611. The number of anilines is 2. The van der Waals surface area contributed by atoms with Crippen molar-refractivity contribution in [2.24, 2.45) is 5.92 Å². The van der Waals surface area contributed by atoms with E-state index in [4.69, 9.17) is 5.73 Å². The molecule has 0 heterocycles. The Bertz CT molecular complexity index is 507. The van der Waals surface area contributed by atoms with Crippen molar-refractivity contribution < 1.29 is 4.79 Å². The van der Waals surface area contributed by atoms with Crippen molar-refractivity contribution in [2.45, 2.75) is 39.2 Å². The van der Waals surface area contributed by atoms with Gasteiger partial charge in [-0.05, 0) is 43.4 Å². The molecule has 0 radical (unpaired) electrons. The van der Waals surface area contributed by atoms with Gasteiger partial charge >= 0.3 is 0 Å². The fourth-order valence-corrected chi connectivity index (χ4v) is 2.49. The van der Waals surface area contributed by atoms with E-state index in [0.717, 1.165) is 18.7 Å². The molecule has 0 unspecified atom stereocenters. The lowest BCUT2D eigenvalue weighted by atomic mass is 10.1. The third-order valence-corrected chi connectivity index (χ3v) is 3.93. The van der Waals surface area contributed by atoms with Crippen LogP contribution in [0, 0.1) is 5.92 Å². The third kappa shape index (κ3) is 3.90. The summed E-state index contributed by atoms with van der Waals surface area (Å²) >= 11 is 0. The van der Waals surface area contributed by atoms with E-state index in [1.165, 1.54) is 12.8 Å². The number of hydrogen-bond acceptors (Lipinski definition) is 3. The van der Waals surface area contributed by atoms with E-state index in [1.54, 1.807) is 19.0 Å². The molecule has 0 spiro atoms. The molecule has 1 saturated carbocycles. The Kier molecular flexibility index (Phi) is 4.76. The summed E-state index contributed by atoms with van der Waals surface area (Å²) in [5.74, 6) is 0.676. The molecule has 1 fully saturated rings. The molecule has 0 saturated heterocycles. The van der Waals surface area contributed by atoms with Crippen LogP contribution in [0.5, 0.6) is 0 Å². The van der Waals surface area contributed by atoms with Gasteiger partial charge in [-0.2, -0.15) is 0 Å². The summed E-state index contributed by atoms with van der Waals surface area (Å²) in [6.07, 6.45) is 3.65. The molecule has 1 aromatic carbocycles. The summed E-state index contributed by atoms with van der Waals surface area (Å²) in [6.45, 7) is 5.52. The number of nitrogens with two attached hydrogens (primary N) is 1. The van der Waals surface area contributed by atoms with Crippen LogP contribution in [0.1, 0.15) is 43.5 Å². The molecule has 0 atom stereocenters. The first-order valence-electron chi connectivity index (χ1n) is 7.78. The molecule has 2 rings (SSSR count). The van der Waals surface area contributed by atoms with Crippen molar-refractivity contribution in [2.75, 3.05) is 31.3 Å². The third-order valence-electron chi connectivity index (χ3n) is 3.93. The molecule has 116 valence electrons. The van der Waals surface area contributed by atoms with Crippen molar-refractivity contribution in [3.63, 3.8) is 0 Å². The molecule has 21 heavy (non-hydrogen) atoms. The Morgan fingerprint density at radius 2 is 2.00 bits per heavy atom. The van der Waals surface area contributed by atoms with Crippen molar-refractivity contribution in [3.05, 3.63) is 23.8 Å². The number of nitrogen functional groups attached to an aromatic ring is 1. The molecule has 4 nitrogen and oxygen atoms in total. The van der Waals surface area contributed by atoms with Gasteiger partial charge in [-0.15, -0.1) is 0 Å². The van der Waals surface area contributed by atoms with Crippen LogP contribution in [-0.2, 0) is 0 Å². The van der Waals surface area contributed by atoms with E-state index in [-0.39, 0.29) is 5.91 Å². The number of carbonyl (C=O) groups is 1. The first-order chi connectivity index (χ1) is 9.90. The molecular formula is C17H27N3O. The molecule has 1 amide bonds. The highest BCUT2D eigenvalue weighted by atomic mass is 16.2. The highest BCUT2D eigenvalue weighted by molar-refractivity contribution is 5.95. The molecular weight excluding hydrogens is 262 g/mol. The van der Waals surface area contributed by atoms with Gasteiger partial charge in [0.2, 0.25) is 0 Å². The van der Waals surface area contributed by atoms with Crippen molar-refractivity contribution in [1.29, 1.82) is 0 Å². The van der Waals surface area contributed by atoms with E-state index in [2.05, 4.69) is 18.7 Å². The lowest BCUT2D eigenvalue weighted by molar-refractivity contribution is 0.0827. The quantitative estimate of drug-likeness (QED) is 0.819. The van der Waals surface area contributed by atoms with Gasteiger partial charge in [-0.1, -0.05) is 13.8 Å². The molecule has 0 aliphatic heterocycles. The predicted octanol–water partition coefficient (Wildman–Crippen LogP) is 2.99. The van der Waals surface area contributed by atoms with Gasteiger partial charge in [0.1, 0.15) is 0 Å². The summed E-state index contributed by atoms with van der Waals surface area (Å²) in [5.41, 5.74) is 8.66. The van der Waals surface area contributed by atoms with E-state index < -0.39 is 0 Å². The Hall–Kier alpha value is -1.71. The van der Waals surface area contributed by atoms with E-state index in [1.807, 2.05) is 18.2 Å². The number of nitrogens with zero attached hydrogens (tertiary/aromatic N) is 2. The molecule has 0 aromatic heterocycles. The predicted molar refractivity (Wildman–Crippen MR) is 88.7 cm³/mol. The average molecular weight is 289 g/mol. The molecule has 2 N–H and O–H groups in total. The zero-order chi connectivity index (χ0) is 15.6. The highest BCUT2D eigenvalue weighted by Gasteiger charge is 2.30. The van der Waals surface area contributed by atoms with Crippen LogP contribution in [0.4, 0.5) is 11.4 Å². The van der Waals surface area contributed by atoms with E-state index in [9.17, 15) is 4.79 Å². The zero-order valence-corrected chi connectivity index (χ0v) is 13.6. The second kappa shape index (κ2) is 6.37. The van der Waals surface area contributed by atoms with Gasteiger partial charge in [0.25, 0.3) is 5.91 Å². The summed E-state index contributed by atoms with van der Waals surface area (Å²) in [6, 6.07) is 6.33. The standard InChI is InChI=1S/C17H27N3O/c1-12(2)9-10-20(14-6-7-14)16-8-5-13(11-15(16)18)17(21)19(3)4/h5,8,11-12,14H,6-7,9-10,18H2,1-4H3. The first kappa shape index (κ1) is 15.7. The van der Waals surface area contributed by atoms with Crippen LogP contribution < -0.4 is 10.6 Å². The van der Waals surface area contributed by atoms with Crippen molar-refractivity contribution in [3.8, 4) is 0 Å². The number of benzene rings is 1. The topological polar surface area (TPSA) is 49.6 Å². The van der Waals surface area contributed by atoms with E-state index >= 15 is 0 Å². The van der Waals surface area contributed by atoms with Gasteiger partial charge in [0.15, 0.2) is 0 Å². The maximum atomic E-state index is 12.0. The molecule has 4 heteroatoms. The van der Waals surface area contributed by atoms with Gasteiger partial charge < -0.3 is 15.5 Å². The maximum Gasteiger partial charge on any atom is 0.253 e. The maximum absolute atomic E-state index is 12.0. The Balaban J connectivity index is 2.19. The minimum Gasteiger partial charge on any atom is -0.397 e. The van der Waals surface area contributed by atoms with Crippen molar-refractivity contribution in [1.82, 2.24) is 4.90 Å². The second-order valence-corrected chi connectivity index (χ2v) is 6.58. The lowest BCUT2D eigenvalue weighted by Gasteiger charge is -2.27. The van der Waals surface area contributed by atoms with Crippen LogP contribution in [0.25, 0.3) is 0 Å². The number of rotatable bonds is 6. The van der Waals surface area contributed by atoms with Gasteiger partial charge in [0, 0.05) is 32.2 Å². The normalized spacial score (nSPS) is 14.3. The summed E-state index contributed by atoms with van der Waals surface area (Å²) < 4.78 is 0. The van der Waals surface area contributed by atoms with Crippen molar-refractivity contribution >= 4 is 17.3 Å². The lowest BCUT2D eigenvalue weighted by Crippen LogP contribution is -2.29. The Labute approximate surface area is 127 Å². The van der Waals surface area contributed by atoms with Crippen LogP contribution in [0.15, 0.2) is 18.2 Å². The van der Waals surface area contributed by atoms with Gasteiger partial charge in [-0.3, -0.25) is 4.79 Å². The SMILES string of the molecule is CC(C)CCN(c1ccc(C(=O)N(C)C)cc1N)C1CC1. The number of hydrogen-bond donors (Lipinski definition) is 1. The van der Waals surface area contributed by atoms with Crippen LogP contribution in [0.3, 0.4) is 0 Å². The fourth-order valence-electron chi connectivity index (χ4n) is 2.49. The fraction of sp³-hybridized carbons (Fsp3) is 0.588. The van der Waals surface area contributed by atoms with Crippen LogP contribution in [0.2, 0.25) is 0 Å². The smallest absolute Gasteiger partial charge is 0.253 e. The highest BCUT2D eigenvalue weighted by Crippen LogP contribution is 2.35. The largest absolute Gasteiger partial charge is 0.397 e. The monoisotopic (exact) mass is 289 g/mol. The minimum absolute atomic E-state index is 0.00611. The Morgan fingerprint density at radius 1 is 1.33 bits per heavy atom. The Morgan fingerprint density at radius 3 is 2.48 bits per heavy atom. The van der Waals surface area contributed by atoms with Gasteiger partial charge in [-0.25, -0.2) is 0 Å². The van der Waals surface area contributed by atoms with E-state index in [0.29, 0.717) is 23.2 Å². The van der Waals surface area contributed by atoms with Crippen LogP contribution >= 0.6 is 0 Å². The molecule has 0 bridgehead atoms. The summed E-state index contributed by atoms with van der Waals surface area (Å²) in [7, 11) is 3.51. The zero-order valence-electron chi connectivity index (χ0n) is 13.6. The molecule has 1 aromatic rings.